The average molecular weight is 194 g/mol. The minimum Gasteiger partial charge on any atom is -0.317 e. The average Bonchev–Trinajstić information content (AvgIpc) is 2.16. The third-order valence-corrected chi connectivity index (χ3v) is 1.72. The lowest BCUT2D eigenvalue weighted by Gasteiger charge is -1.97. The summed E-state index contributed by atoms with van der Waals surface area (Å²) in [6.45, 7) is 6.80. The van der Waals surface area contributed by atoms with Crippen molar-refractivity contribution in [3.05, 3.63) is 51.1 Å². The second kappa shape index (κ2) is 4.33. The van der Waals surface area contributed by atoms with Crippen LogP contribution in [0.25, 0.3) is 4.85 Å². The van der Waals surface area contributed by atoms with Gasteiger partial charge in [-0.1, -0.05) is 6.07 Å². The van der Waals surface area contributed by atoms with E-state index < -0.39 is 16.4 Å². The van der Waals surface area contributed by atoms with E-state index in [1.54, 1.807) is 0 Å². The van der Waals surface area contributed by atoms with E-state index in [9.17, 15) is 14.5 Å². The predicted molar refractivity (Wildman–Crippen MR) is 48.2 cm³/mol. The Kier molecular flexibility index (Phi) is 3.13. The Hall–Kier alpha value is -1.96. The normalized spacial score (nSPS) is 9.43. The molecule has 0 unspecified atom stereocenters. The van der Waals surface area contributed by atoms with Crippen molar-refractivity contribution >= 4 is 5.69 Å². The van der Waals surface area contributed by atoms with Gasteiger partial charge in [-0.3, -0.25) is 10.1 Å². The molecule has 1 aromatic carbocycles. The van der Waals surface area contributed by atoms with Gasteiger partial charge in [-0.15, -0.1) is 0 Å². The molecule has 14 heavy (non-hydrogen) atoms. The van der Waals surface area contributed by atoms with Crippen molar-refractivity contribution in [2.45, 2.75) is 6.42 Å². The number of hydrogen-bond donors (Lipinski definition) is 0. The minimum atomic E-state index is -0.846. The van der Waals surface area contributed by atoms with Gasteiger partial charge >= 0.3 is 5.69 Å². The van der Waals surface area contributed by atoms with Crippen molar-refractivity contribution in [3.63, 3.8) is 0 Å². The molecule has 4 nitrogen and oxygen atoms in total. The van der Waals surface area contributed by atoms with E-state index >= 15 is 0 Å². The number of nitrogens with zero attached hydrogens (tertiary/aromatic N) is 2. The van der Waals surface area contributed by atoms with Gasteiger partial charge in [-0.05, 0) is 11.6 Å². The summed E-state index contributed by atoms with van der Waals surface area (Å²) >= 11 is 0. The van der Waals surface area contributed by atoms with E-state index in [1.165, 1.54) is 12.1 Å². The van der Waals surface area contributed by atoms with Crippen molar-refractivity contribution < 1.29 is 9.31 Å². The fourth-order valence-corrected chi connectivity index (χ4v) is 1.04. The summed E-state index contributed by atoms with van der Waals surface area (Å²) in [7, 11) is 0. The highest BCUT2D eigenvalue weighted by molar-refractivity contribution is 5.36. The van der Waals surface area contributed by atoms with Gasteiger partial charge in [0.15, 0.2) is 0 Å². The second-order valence-corrected chi connectivity index (χ2v) is 2.67. The first-order chi connectivity index (χ1) is 6.65. The molecule has 0 aliphatic heterocycles. The standard InChI is InChI=1S/C9H7FN2O2/c1-11-5-4-7-2-3-8(10)9(6-7)12(13)14/h2-3,6H,4-5H2. The first kappa shape index (κ1) is 10.1. The molecule has 5 heteroatoms. The first-order valence-electron chi connectivity index (χ1n) is 3.91. The molecule has 0 saturated heterocycles. The van der Waals surface area contributed by atoms with Gasteiger partial charge in [0.2, 0.25) is 12.4 Å². The van der Waals surface area contributed by atoms with Crippen molar-refractivity contribution in [1.82, 2.24) is 0 Å². The quantitative estimate of drug-likeness (QED) is 0.420. The Morgan fingerprint density at radius 2 is 2.29 bits per heavy atom. The summed E-state index contributed by atoms with van der Waals surface area (Å²) in [6, 6.07) is 3.67. The summed E-state index contributed by atoms with van der Waals surface area (Å²) in [5.41, 5.74) is 0.0709. The topological polar surface area (TPSA) is 47.5 Å². The molecule has 0 fully saturated rings. The molecule has 0 amide bonds. The van der Waals surface area contributed by atoms with Crippen molar-refractivity contribution in [3.8, 4) is 0 Å². The lowest BCUT2D eigenvalue weighted by atomic mass is 10.1. The fourth-order valence-electron chi connectivity index (χ4n) is 1.04. The lowest BCUT2D eigenvalue weighted by Crippen LogP contribution is -1.95. The summed E-state index contributed by atoms with van der Waals surface area (Å²) in [5, 5.41) is 10.4. The molecular weight excluding hydrogens is 187 g/mol. The van der Waals surface area contributed by atoms with Crippen molar-refractivity contribution in [2.75, 3.05) is 6.54 Å². The number of benzene rings is 1. The van der Waals surface area contributed by atoms with Gasteiger partial charge < -0.3 is 4.85 Å². The van der Waals surface area contributed by atoms with Crippen LogP contribution in [0.15, 0.2) is 18.2 Å². The largest absolute Gasteiger partial charge is 0.317 e. The smallest absolute Gasteiger partial charge is 0.305 e. The van der Waals surface area contributed by atoms with E-state index in [4.69, 9.17) is 6.57 Å². The molecule has 0 radical (unpaired) electrons. The zero-order valence-electron chi connectivity index (χ0n) is 7.24. The van der Waals surface area contributed by atoms with Crippen LogP contribution in [0.3, 0.4) is 0 Å². The highest BCUT2D eigenvalue weighted by Gasteiger charge is 2.14. The van der Waals surface area contributed by atoms with Crippen LogP contribution in [-0.2, 0) is 6.42 Å². The van der Waals surface area contributed by atoms with Crippen molar-refractivity contribution in [2.24, 2.45) is 0 Å². The Morgan fingerprint density at radius 1 is 1.57 bits per heavy atom. The zero-order valence-corrected chi connectivity index (χ0v) is 7.24. The Labute approximate surface area is 79.9 Å². The molecular formula is C9H7FN2O2. The molecule has 0 aromatic heterocycles. The van der Waals surface area contributed by atoms with Crippen LogP contribution in [0.4, 0.5) is 10.1 Å². The van der Waals surface area contributed by atoms with E-state index in [0.717, 1.165) is 6.07 Å². The fraction of sp³-hybridized carbons (Fsp3) is 0.222. The zero-order chi connectivity index (χ0) is 10.6. The number of hydrogen-bond acceptors (Lipinski definition) is 2. The Bertz CT molecular complexity index is 398. The van der Waals surface area contributed by atoms with Crippen LogP contribution in [0.1, 0.15) is 5.56 Å². The van der Waals surface area contributed by atoms with E-state index in [2.05, 4.69) is 4.85 Å². The molecule has 0 N–H and O–H groups in total. The molecule has 72 valence electrons. The number of halogens is 1. The van der Waals surface area contributed by atoms with Gasteiger partial charge in [0.05, 0.1) is 4.92 Å². The Balaban J connectivity index is 2.96. The maximum absolute atomic E-state index is 12.8. The summed E-state index contributed by atoms with van der Waals surface area (Å²) in [6.07, 6.45) is 0.407. The van der Waals surface area contributed by atoms with E-state index in [-0.39, 0.29) is 6.54 Å². The van der Waals surface area contributed by atoms with Crippen LogP contribution in [-0.4, -0.2) is 11.5 Å². The van der Waals surface area contributed by atoms with Crippen LogP contribution >= 0.6 is 0 Å². The van der Waals surface area contributed by atoms with Gasteiger partial charge in [-0.2, -0.15) is 4.39 Å². The monoisotopic (exact) mass is 194 g/mol. The van der Waals surface area contributed by atoms with Crippen LogP contribution < -0.4 is 0 Å². The lowest BCUT2D eigenvalue weighted by molar-refractivity contribution is -0.387. The SMILES string of the molecule is [C-]#[N+]CCc1ccc(F)c([N+](=O)[O-])c1. The van der Waals surface area contributed by atoms with Crippen LogP contribution in [0, 0.1) is 22.5 Å². The van der Waals surface area contributed by atoms with E-state index in [0.29, 0.717) is 12.0 Å². The maximum atomic E-state index is 12.8. The second-order valence-electron chi connectivity index (χ2n) is 2.67. The first-order valence-corrected chi connectivity index (χ1v) is 3.91. The molecule has 1 rings (SSSR count). The highest BCUT2D eigenvalue weighted by atomic mass is 19.1. The molecule has 0 aliphatic carbocycles. The van der Waals surface area contributed by atoms with E-state index in [1.807, 2.05) is 0 Å². The van der Waals surface area contributed by atoms with Gasteiger partial charge in [-0.25, -0.2) is 6.57 Å². The highest BCUT2D eigenvalue weighted by Crippen LogP contribution is 2.18. The predicted octanol–water partition coefficient (Wildman–Crippen LogP) is 2.20. The molecule has 0 atom stereocenters. The number of rotatable bonds is 3. The maximum Gasteiger partial charge on any atom is 0.305 e. The summed E-state index contributed by atoms with van der Waals surface area (Å²) in [5.74, 6) is -0.846. The summed E-state index contributed by atoms with van der Waals surface area (Å²) < 4.78 is 12.8. The Morgan fingerprint density at radius 3 is 2.86 bits per heavy atom. The molecule has 0 spiro atoms. The molecule has 0 bridgehead atoms. The van der Waals surface area contributed by atoms with Crippen LogP contribution in [0.2, 0.25) is 0 Å². The van der Waals surface area contributed by atoms with Gasteiger partial charge in [0.1, 0.15) is 0 Å². The van der Waals surface area contributed by atoms with Crippen molar-refractivity contribution in [1.29, 1.82) is 0 Å². The third kappa shape index (κ3) is 2.26. The van der Waals surface area contributed by atoms with Crippen LogP contribution in [0.5, 0.6) is 0 Å². The number of nitro benzene ring substituents is 1. The van der Waals surface area contributed by atoms with Gasteiger partial charge in [0.25, 0.3) is 0 Å². The minimum absolute atomic E-state index is 0.253. The number of nitro groups is 1. The third-order valence-electron chi connectivity index (χ3n) is 1.72. The molecule has 0 heterocycles. The molecule has 0 saturated carbocycles. The summed E-state index contributed by atoms with van der Waals surface area (Å²) in [4.78, 5) is 12.7. The molecule has 0 aliphatic rings. The molecule has 1 aromatic rings. The van der Waals surface area contributed by atoms with Gasteiger partial charge in [0, 0.05) is 12.5 Å².